The maximum Gasteiger partial charge on any atom is 0.159 e. The molecule has 1 heterocycles. The first-order chi connectivity index (χ1) is 7.96. The highest BCUT2D eigenvalue weighted by atomic mass is 32.2. The zero-order valence-corrected chi connectivity index (χ0v) is 9.93. The summed E-state index contributed by atoms with van der Waals surface area (Å²) in [5.41, 5.74) is 0.605. The molecule has 1 aromatic rings. The van der Waals surface area contributed by atoms with E-state index in [-0.39, 0.29) is 17.5 Å². The second-order valence-electron chi connectivity index (χ2n) is 4.23. The predicted molar refractivity (Wildman–Crippen MR) is 60.3 cm³/mol. The van der Waals surface area contributed by atoms with Gasteiger partial charge in [0.2, 0.25) is 0 Å². The Morgan fingerprint density at radius 3 is 2.65 bits per heavy atom. The third kappa shape index (κ3) is 3.23. The summed E-state index contributed by atoms with van der Waals surface area (Å²) < 4.78 is 48.0. The highest BCUT2D eigenvalue weighted by Gasteiger charge is 2.27. The highest BCUT2D eigenvalue weighted by molar-refractivity contribution is 7.91. The maximum absolute atomic E-state index is 12.9. The molecule has 17 heavy (non-hydrogen) atoms. The summed E-state index contributed by atoms with van der Waals surface area (Å²) in [6, 6.07) is 3.58. The molecule has 0 radical (unpaired) electrons. The quantitative estimate of drug-likeness (QED) is 0.890. The Labute approximate surface area is 98.8 Å². The van der Waals surface area contributed by atoms with E-state index in [1.165, 1.54) is 6.07 Å². The zero-order chi connectivity index (χ0) is 12.5. The second-order valence-corrected chi connectivity index (χ2v) is 6.46. The van der Waals surface area contributed by atoms with Crippen molar-refractivity contribution < 1.29 is 17.2 Å². The van der Waals surface area contributed by atoms with E-state index in [4.69, 9.17) is 0 Å². The van der Waals surface area contributed by atoms with Gasteiger partial charge in [-0.2, -0.15) is 0 Å². The van der Waals surface area contributed by atoms with E-state index in [2.05, 4.69) is 5.32 Å². The fourth-order valence-electron chi connectivity index (χ4n) is 1.87. The summed E-state index contributed by atoms with van der Waals surface area (Å²) in [4.78, 5) is 0. The monoisotopic (exact) mass is 261 g/mol. The molecule has 2 rings (SSSR count). The van der Waals surface area contributed by atoms with Gasteiger partial charge < -0.3 is 5.32 Å². The average Bonchev–Trinajstić information content (AvgIpc) is 2.60. The summed E-state index contributed by atoms with van der Waals surface area (Å²) >= 11 is 0. The molecule has 0 saturated carbocycles. The van der Waals surface area contributed by atoms with Crippen LogP contribution < -0.4 is 5.32 Å². The lowest BCUT2D eigenvalue weighted by molar-refractivity contribution is 0.503. The van der Waals surface area contributed by atoms with Crippen LogP contribution in [0, 0.1) is 11.6 Å². The predicted octanol–water partition coefficient (Wildman–Crippen LogP) is 1.24. The highest BCUT2D eigenvalue weighted by Crippen LogP contribution is 2.13. The van der Waals surface area contributed by atoms with Gasteiger partial charge in [0, 0.05) is 12.6 Å². The number of hydrogen-bond donors (Lipinski definition) is 1. The Morgan fingerprint density at radius 1 is 1.29 bits per heavy atom. The van der Waals surface area contributed by atoms with Crippen LogP contribution in [-0.2, 0) is 16.4 Å². The fraction of sp³-hybridized carbons (Fsp3) is 0.455. The van der Waals surface area contributed by atoms with Gasteiger partial charge in [0.15, 0.2) is 21.5 Å². The molecule has 1 saturated heterocycles. The van der Waals surface area contributed by atoms with E-state index < -0.39 is 21.5 Å². The van der Waals surface area contributed by atoms with Crippen LogP contribution >= 0.6 is 0 Å². The molecular weight excluding hydrogens is 248 g/mol. The molecule has 1 fully saturated rings. The Hall–Kier alpha value is -1.01. The lowest BCUT2D eigenvalue weighted by Gasteiger charge is -2.10. The third-order valence-corrected chi connectivity index (χ3v) is 4.58. The van der Waals surface area contributed by atoms with Crippen molar-refractivity contribution in [2.75, 3.05) is 11.5 Å². The van der Waals surface area contributed by atoms with Gasteiger partial charge in [-0.3, -0.25) is 0 Å². The van der Waals surface area contributed by atoms with Gasteiger partial charge in [0.05, 0.1) is 11.5 Å². The lowest BCUT2D eigenvalue weighted by Crippen LogP contribution is -2.29. The van der Waals surface area contributed by atoms with Gasteiger partial charge in [-0.1, -0.05) is 6.07 Å². The summed E-state index contributed by atoms with van der Waals surface area (Å²) in [6.07, 6.45) is 0.575. The van der Waals surface area contributed by atoms with Gasteiger partial charge in [-0.15, -0.1) is 0 Å². The molecule has 0 amide bonds. The molecule has 1 atom stereocenters. The molecule has 1 aliphatic rings. The Balaban J connectivity index is 1.92. The first-order valence-corrected chi connectivity index (χ1v) is 7.16. The Kier molecular flexibility index (Phi) is 3.44. The molecule has 0 aromatic heterocycles. The van der Waals surface area contributed by atoms with Crippen molar-refractivity contribution in [3.63, 3.8) is 0 Å². The van der Waals surface area contributed by atoms with Crippen LogP contribution in [0.2, 0.25) is 0 Å². The van der Waals surface area contributed by atoms with Crippen LogP contribution in [-0.4, -0.2) is 26.0 Å². The topological polar surface area (TPSA) is 46.2 Å². The molecule has 0 unspecified atom stereocenters. The lowest BCUT2D eigenvalue weighted by atomic mass is 10.2. The molecule has 0 spiro atoms. The van der Waals surface area contributed by atoms with E-state index in [1.54, 1.807) is 0 Å². The number of nitrogens with one attached hydrogen (secondary N) is 1. The largest absolute Gasteiger partial charge is 0.309 e. The van der Waals surface area contributed by atoms with Gasteiger partial charge in [0.25, 0.3) is 0 Å². The van der Waals surface area contributed by atoms with Crippen molar-refractivity contribution in [1.29, 1.82) is 0 Å². The smallest absolute Gasteiger partial charge is 0.159 e. The molecule has 0 aliphatic carbocycles. The number of rotatable bonds is 3. The van der Waals surface area contributed by atoms with Crippen LogP contribution in [0.4, 0.5) is 8.78 Å². The minimum Gasteiger partial charge on any atom is -0.309 e. The third-order valence-electron chi connectivity index (χ3n) is 2.81. The van der Waals surface area contributed by atoms with Crippen molar-refractivity contribution in [2.24, 2.45) is 0 Å². The van der Waals surface area contributed by atoms with Crippen molar-refractivity contribution >= 4 is 9.84 Å². The molecule has 1 N–H and O–H groups in total. The minimum atomic E-state index is -2.91. The van der Waals surface area contributed by atoms with E-state index >= 15 is 0 Å². The van der Waals surface area contributed by atoms with E-state index in [1.807, 2.05) is 0 Å². The zero-order valence-electron chi connectivity index (χ0n) is 9.12. The van der Waals surface area contributed by atoms with E-state index in [0.29, 0.717) is 18.5 Å². The molecule has 0 bridgehead atoms. The first kappa shape index (κ1) is 12.4. The van der Waals surface area contributed by atoms with Gasteiger partial charge in [-0.25, -0.2) is 17.2 Å². The van der Waals surface area contributed by atoms with Gasteiger partial charge in [0.1, 0.15) is 0 Å². The number of sulfone groups is 1. The molecule has 6 heteroatoms. The van der Waals surface area contributed by atoms with E-state index in [9.17, 15) is 17.2 Å². The van der Waals surface area contributed by atoms with E-state index in [0.717, 1.165) is 12.1 Å². The van der Waals surface area contributed by atoms with Gasteiger partial charge in [-0.05, 0) is 24.1 Å². The van der Waals surface area contributed by atoms with Crippen LogP contribution in [0.25, 0.3) is 0 Å². The molecule has 1 aromatic carbocycles. The average molecular weight is 261 g/mol. The number of halogens is 2. The van der Waals surface area contributed by atoms with Crippen molar-refractivity contribution in [3.8, 4) is 0 Å². The van der Waals surface area contributed by atoms with Gasteiger partial charge >= 0.3 is 0 Å². The Bertz CT molecular complexity index is 516. The second kappa shape index (κ2) is 4.70. The minimum absolute atomic E-state index is 0.0897. The number of benzene rings is 1. The van der Waals surface area contributed by atoms with Crippen molar-refractivity contribution in [2.45, 2.75) is 19.0 Å². The normalized spacial score (nSPS) is 22.8. The maximum atomic E-state index is 12.9. The summed E-state index contributed by atoms with van der Waals surface area (Å²) in [6.45, 7) is 0.345. The molecule has 94 valence electrons. The van der Waals surface area contributed by atoms with Crippen molar-refractivity contribution in [3.05, 3.63) is 35.4 Å². The Morgan fingerprint density at radius 2 is 2.06 bits per heavy atom. The fourth-order valence-corrected chi connectivity index (χ4v) is 3.58. The van der Waals surface area contributed by atoms with Crippen LogP contribution in [0.15, 0.2) is 18.2 Å². The molecule has 3 nitrogen and oxygen atoms in total. The summed E-state index contributed by atoms with van der Waals surface area (Å²) in [5.74, 6) is -1.44. The summed E-state index contributed by atoms with van der Waals surface area (Å²) in [7, 11) is -2.91. The van der Waals surface area contributed by atoms with Crippen LogP contribution in [0.5, 0.6) is 0 Å². The molecular formula is C11H13F2NO2S. The number of hydrogen-bond acceptors (Lipinski definition) is 3. The van der Waals surface area contributed by atoms with Crippen LogP contribution in [0.3, 0.4) is 0 Å². The standard InChI is InChI=1S/C11H13F2NO2S/c12-10-2-1-8(5-11(10)13)6-14-9-3-4-17(15,16)7-9/h1-2,5,9,14H,3-4,6-7H2/t9-/m0/s1. The van der Waals surface area contributed by atoms with Crippen molar-refractivity contribution in [1.82, 2.24) is 5.32 Å². The summed E-state index contributed by atoms with van der Waals surface area (Å²) in [5, 5.41) is 3.03. The first-order valence-electron chi connectivity index (χ1n) is 5.34. The SMILES string of the molecule is O=S1(=O)CC[C@H](NCc2ccc(F)c(F)c2)C1. The molecule has 1 aliphatic heterocycles. The van der Waals surface area contributed by atoms with Crippen LogP contribution in [0.1, 0.15) is 12.0 Å².